The van der Waals surface area contributed by atoms with E-state index in [1.54, 1.807) is 7.11 Å². The molecule has 2 aliphatic heterocycles. The summed E-state index contributed by atoms with van der Waals surface area (Å²) >= 11 is 0. The Morgan fingerprint density at radius 3 is 2.37 bits per heavy atom. The lowest BCUT2D eigenvalue weighted by molar-refractivity contribution is -0.161. The molecule has 0 unspecified atom stereocenters. The highest BCUT2D eigenvalue weighted by Gasteiger charge is 2.53. The molecule has 2 saturated heterocycles. The molecule has 2 fully saturated rings. The largest absolute Gasteiger partial charge is 0.497 e. The zero-order chi connectivity index (χ0) is 26.7. The van der Waals surface area contributed by atoms with E-state index in [2.05, 4.69) is 44.8 Å². The number of aromatic nitrogens is 2. The van der Waals surface area contributed by atoms with Gasteiger partial charge in [-0.2, -0.15) is 5.10 Å². The van der Waals surface area contributed by atoms with Gasteiger partial charge in [-0.15, -0.1) is 12.4 Å². The number of benzene rings is 1. The van der Waals surface area contributed by atoms with Crippen LogP contribution in [0.2, 0.25) is 0 Å². The number of halogens is 1. The maximum atomic E-state index is 13.5. The first kappa shape index (κ1) is 30.0. The number of hydrogen-bond acceptors (Lipinski definition) is 5. The summed E-state index contributed by atoms with van der Waals surface area (Å²) in [6.45, 7) is 13.5. The van der Waals surface area contributed by atoms with Crippen LogP contribution in [0.15, 0.2) is 24.3 Å². The van der Waals surface area contributed by atoms with Gasteiger partial charge in [-0.25, -0.2) is 4.68 Å². The summed E-state index contributed by atoms with van der Waals surface area (Å²) in [4.78, 5) is 31.4. The zero-order valence-corrected chi connectivity index (χ0v) is 24.6. The predicted molar refractivity (Wildman–Crippen MR) is 152 cm³/mol. The second-order valence-corrected chi connectivity index (χ2v) is 11.1. The highest BCUT2D eigenvalue weighted by Crippen LogP contribution is 2.35. The van der Waals surface area contributed by atoms with Crippen LogP contribution in [-0.2, 0) is 16.1 Å². The lowest BCUT2D eigenvalue weighted by Gasteiger charge is -2.52. The molecule has 1 atom stereocenters. The van der Waals surface area contributed by atoms with Gasteiger partial charge in [-0.1, -0.05) is 27.2 Å². The Balaban J connectivity index is 0.00000400. The van der Waals surface area contributed by atoms with Crippen molar-refractivity contribution in [2.75, 3.05) is 26.7 Å². The molecule has 38 heavy (non-hydrogen) atoms. The molecule has 0 bridgehead atoms. The summed E-state index contributed by atoms with van der Waals surface area (Å²) in [5.74, 6) is 1.31. The fourth-order valence-corrected chi connectivity index (χ4v) is 5.83. The molecule has 9 heteroatoms. The third-order valence-corrected chi connectivity index (χ3v) is 8.07. The van der Waals surface area contributed by atoms with Crippen LogP contribution in [-0.4, -0.2) is 69.7 Å². The molecule has 0 aliphatic carbocycles. The number of piperidine rings is 1. The predicted octanol–water partition coefficient (Wildman–Crippen LogP) is 4.43. The van der Waals surface area contributed by atoms with Crippen molar-refractivity contribution in [2.24, 2.45) is 5.92 Å². The number of hydrogen-bond donors (Lipinski definition) is 1. The molecular weight excluding hydrogens is 502 g/mol. The van der Waals surface area contributed by atoms with Crippen molar-refractivity contribution >= 4 is 24.2 Å². The van der Waals surface area contributed by atoms with Gasteiger partial charge in [0.1, 0.15) is 17.3 Å². The summed E-state index contributed by atoms with van der Waals surface area (Å²) in [5.41, 5.74) is 3.63. The highest BCUT2D eigenvalue weighted by molar-refractivity contribution is 6.00. The van der Waals surface area contributed by atoms with Crippen LogP contribution >= 0.6 is 12.4 Å². The fraction of sp³-hybridized carbons (Fsp3) is 0.621. The van der Waals surface area contributed by atoms with Gasteiger partial charge in [0, 0.05) is 37.4 Å². The van der Waals surface area contributed by atoms with E-state index in [1.807, 2.05) is 33.8 Å². The Bertz CT molecular complexity index is 1110. The molecule has 0 saturated carbocycles. The molecule has 2 amide bonds. The zero-order valence-electron chi connectivity index (χ0n) is 23.7. The number of methoxy groups -OCH3 is 1. The van der Waals surface area contributed by atoms with E-state index in [4.69, 9.17) is 9.84 Å². The molecule has 0 radical (unpaired) electrons. The molecular formula is C29H44ClN5O3. The van der Waals surface area contributed by atoms with Crippen molar-refractivity contribution in [3.8, 4) is 11.4 Å². The minimum absolute atomic E-state index is 0. The standard InChI is InChI=1S/C29H43N5O3.ClH/c1-7-8-15-33-27(35)26(18-20(2)3)30-28(36)29(33)13-16-32(17-14-29)19-25-21(4)31-34(22(25)5)23-9-11-24(37-6)12-10-23;/h9-12,20,26H,7-8,13-19H2,1-6H3,(H,30,36);1H/t26-;/m0./s1. The number of likely N-dealkylation sites (tertiary alicyclic amines) is 1. The van der Waals surface area contributed by atoms with Gasteiger partial charge >= 0.3 is 0 Å². The lowest BCUT2D eigenvalue weighted by Crippen LogP contribution is -2.73. The molecule has 2 aliphatic rings. The monoisotopic (exact) mass is 545 g/mol. The quantitative estimate of drug-likeness (QED) is 0.504. The number of nitrogens with zero attached hydrogens (tertiary/aromatic N) is 4. The van der Waals surface area contributed by atoms with E-state index in [0.29, 0.717) is 31.7 Å². The molecule has 8 nitrogen and oxygen atoms in total. The smallest absolute Gasteiger partial charge is 0.246 e. The van der Waals surface area contributed by atoms with Crippen molar-refractivity contribution in [2.45, 2.75) is 84.8 Å². The summed E-state index contributed by atoms with van der Waals surface area (Å²) in [6.07, 6.45) is 3.92. The van der Waals surface area contributed by atoms with Crippen LogP contribution in [0.1, 0.15) is 69.8 Å². The first-order valence-electron chi connectivity index (χ1n) is 13.7. The Morgan fingerprint density at radius 2 is 1.79 bits per heavy atom. The Hall–Kier alpha value is -2.58. The Morgan fingerprint density at radius 1 is 1.13 bits per heavy atom. The van der Waals surface area contributed by atoms with Crippen molar-refractivity contribution < 1.29 is 14.3 Å². The van der Waals surface area contributed by atoms with Gasteiger partial charge in [-0.05, 0) is 69.7 Å². The maximum absolute atomic E-state index is 13.5. The van der Waals surface area contributed by atoms with E-state index in [1.165, 1.54) is 5.56 Å². The lowest BCUT2D eigenvalue weighted by atomic mass is 9.80. The van der Waals surface area contributed by atoms with Crippen molar-refractivity contribution in [1.29, 1.82) is 0 Å². The number of carbonyl (C=O) groups excluding carboxylic acids is 2. The average Bonchev–Trinajstić information content (AvgIpc) is 3.16. The maximum Gasteiger partial charge on any atom is 0.246 e. The van der Waals surface area contributed by atoms with Crippen LogP contribution in [0.25, 0.3) is 5.69 Å². The first-order valence-corrected chi connectivity index (χ1v) is 13.7. The number of unbranched alkanes of at least 4 members (excludes halogenated alkanes) is 1. The molecule has 1 spiro atoms. The molecule has 4 rings (SSSR count). The minimum atomic E-state index is -0.729. The van der Waals surface area contributed by atoms with Crippen molar-refractivity contribution in [1.82, 2.24) is 24.9 Å². The number of amides is 2. The van der Waals surface area contributed by atoms with E-state index in [0.717, 1.165) is 55.3 Å². The normalized spacial score (nSPS) is 19.6. The number of piperazine rings is 1. The van der Waals surface area contributed by atoms with Gasteiger partial charge in [0.15, 0.2) is 0 Å². The van der Waals surface area contributed by atoms with E-state index in [-0.39, 0.29) is 24.2 Å². The molecule has 1 aromatic carbocycles. The van der Waals surface area contributed by atoms with Crippen molar-refractivity contribution in [3.63, 3.8) is 0 Å². The number of aryl methyl sites for hydroxylation is 1. The molecule has 1 aromatic heterocycles. The molecule has 1 N–H and O–H groups in total. The number of rotatable bonds is 9. The van der Waals surface area contributed by atoms with Gasteiger partial charge < -0.3 is 15.0 Å². The van der Waals surface area contributed by atoms with E-state index < -0.39 is 11.6 Å². The van der Waals surface area contributed by atoms with Crippen LogP contribution in [0.5, 0.6) is 5.75 Å². The van der Waals surface area contributed by atoms with Crippen LogP contribution in [0, 0.1) is 19.8 Å². The fourth-order valence-electron chi connectivity index (χ4n) is 5.83. The average molecular weight is 546 g/mol. The highest BCUT2D eigenvalue weighted by atomic mass is 35.5. The molecule has 3 heterocycles. The minimum Gasteiger partial charge on any atom is -0.497 e. The molecule has 210 valence electrons. The second-order valence-electron chi connectivity index (χ2n) is 11.1. The summed E-state index contributed by atoms with van der Waals surface area (Å²) in [5, 5.41) is 7.92. The third kappa shape index (κ3) is 5.86. The summed E-state index contributed by atoms with van der Waals surface area (Å²) < 4.78 is 7.28. The van der Waals surface area contributed by atoms with E-state index >= 15 is 0 Å². The van der Waals surface area contributed by atoms with Gasteiger partial charge in [0.2, 0.25) is 11.8 Å². The van der Waals surface area contributed by atoms with Crippen LogP contribution < -0.4 is 10.1 Å². The first-order chi connectivity index (χ1) is 17.7. The summed E-state index contributed by atoms with van der Waals surface area (Å²) in [7, 11) is 1.67. The third-order valence-electron chi connectivity index (χ3n) is 8.07. The number of carbonyl (C=O) groups is 2. The summed E-state index contributed by atoms with van der Waals surface area (Å²) in [6, 6.07) is 7.53. The SMILES string of the molecule is CCCCN1C(=O)[C@H](CC(C)C)NC(=O)C12CCN(Cc1c(C)nn(-c3ccc(OC)cc3)c1C)CC2.Cl. The van der Waals surface area contributed by atoms with Gasteiger partial charge in [-0.3, -0.25) is 14.5 Å². The number of ether oxygens (including phenoxy) is 1. The van der Waals surface area contributed by atoms with E-state index in [9.17, 15) is 9.59 Å². The van der Waals surface area contributed by atoms with Crippen molar-refractivity contribution in [3.05, 3.63) is 41.2 Å². The van der Waals surface area contributed by atoms with Gasteiger partial charge in [0.25, 0.3) is 0 Å². The Kier molecular flexibility index (Phi) is 9.87. The second kappa shape index (κ2) is 12.5. The van der Waals surface area contributed by atoms with Gasteiger partial charge in [0.05, 0.1) is 18.5 Å². The molecule has 2 aromatic rings. The topological polar surface area (TPSA) is 79.7 Å². The number of nitrogens with one attached hydrogen (secondary N) is 1. The Labute approximate surface area is 233 Å². The van der Waals surface area contributed by atoms with Crippen LogP contribution in [0.4, 0.5) is 0 Å². The van der Waals surface area contributed by atoms with Crippen LogP contribution in [0.3, 0.4) is 0 Å².